The summed E-state index contributed by atoms with van der Waals surface area (Å²) in [6.07, 6.45) is -0.841. The molecule has 12 aromatic rings. The van der Waals surface area contributed by atoms with E-state index in [4.69, 9.17) is 9.97 Å². The van der Waals surface area contributed by atoms with Crippen LogP contribution in [0.15, 0.2) is 219 Å². The summed E-state index contributed by atoms with van der Waals surface area (Å²) in [6.45, 7) is 0. The highest BCUT2D eigenvalue weighted by atomic mass is 19.4. The molecule has 322 valence electrons. The van der Waals surface area contributed by atoms with E-state index in [1.165, 1.54) is 12.1 Å². The number of nitriles is 1. The number of aromatic nitrogens is 4. The molecule has 0 saturated heterocycles. The maximum Gasteiger partial charge on any atom is 0.416 e. The van der Waals surface area contributed by atoms with Crippen molar-refractivity contribution >= 4 is 43.6 Å². The van der Waals surface area contributed by atoms with Crippen LogP contribution in [-0.4, -0.2) is 19.1 Å². The van der Waals surface area contributed by atoms with Crippen LogP contribution in [0.1, 0.15) is 11.1 Å². The first kappa shape index (κ1) is 40.4. The Labute approximate surface area is 388 Å². The standard InChI is InChI=1S/C60H36F3N5/c61-60(62,63)46-17-11-16-43(32-46)59-57(67-53-20-9-7-18-47(53)49-33-41(24-28-55(49)67)44-22-26-51(65-36-44)39-12-3-1-4-13-39)30-38(35-64)31-58(59)68-54-21-10-8-19-48(54)50-34-42(25-29-56(50)68)45-23-27-52(66-37-45)40-14-5-2-6-15-40/h1-34,36-37H. The van der Waals surface area contributed by atoms with Gasteiger partial charge < -0.3 is 9.13 Å². The Morgan fingerprint density at radius 3 is 1.28 bits per heavy atom. The lowest BCUT2D eigenvalue weighted by molar-refractivity contribution is -0.137. The van der Waals surface area contributed by atoms with Crippen LogP contribution in [0, 0.1) is 11.3 Å². The van der Waals surface area contributed by atoms with Crippen LogP contribution in [0.4, 0.5) is 13.2 Å². The molecule has 8 aromatic carbocycles. The first-order valence-electron chi connectivity index (χ1n) is 22.2. The summed E-state index contributed by atoms with van der Waals surface area (Å²) in [5.74, 6) is 0. The summed E-state index contributed by atoms with van der Waals surface area (Å²) >= 11 is 0. The first-order valence-corrected chi connectivity index (χ1v) is 22.2. The number of halogens is 3. The van der Waals surface area contributed by atoms with E-state index in [9.17, 15) is 18.4 Å². The van der Waals surface area contributed by atoms with Gasteiger partial charge in [-0.25, -0.2) is 0 Å². The molecule has 0 aliphatic carbocycles. The molecule has 5 nitrogen and oxygen atoms in total. The highest BCUT2D eigenvalue weighted by Crippen LogP contribution is 2.45. The second kappa shape index (κ2) is 16.1. The van der Waals surface area contributed by atoms with E-state index in [1.54, 1.807) is 18.2 Å². The summed E-state index contributed by atoms with van der Waals surface area (Å²) < 4.78 is 48.3. The van der Waals surface area contributed by atoms with Gasteiger partial charge in [-0.15, -0.1) is 0 Å². The van der Waals surface area contributed by atoms with Crippen LogP contribution < -0.4 is 0 Å². The molecule has 0 fully saturated rings. The number of hydrogen-bond acceptors (Lipinski definition) is 3. The topological polar surface area (TPSA) is 59.4 Å². The average molecular weight is 884 g/mol. The minimum Gasteiger partial charge on any atom is -0.308 e. The zero-order chi connectivity index (χ0) is 45.9. The molecule has 0 aliphatic heterocycles. The van der Waals surface area contributed by atoms with Gasteiger partial charge >= 0.3 is 6.18 Å². The lowest BCUT2D eigenvalue weighted by atomic mass is 9.96. The molecule has 4 heterocycles. The van der Waals surface area contributed by atoms with Gasteiger partial charge in [0.25, 0.3) is 0 Å². The molecule has 0 unspecified atom stereocenters. The van der Waals surface area contributed by atoms with Gasteiger partial charge in [0.05, 0.1) is 62.0 Å². The number of pyridine rings is 2. The van der Waals surface area contributed by atoms with Crippen LogP contribution in [-0.2, 0) is 6.18 Å². The molecule has 0 radical (unpaired) electrons. The van der Waals surface area contributed by atoms with Gasteiger partial charge in [-0.3, -0.25) is 9.97 Å². The van der Waals surface area contributed by atoms with Gasteiger partial charge in [0.2, 0.25) is 0 Å². The Hall–Kier alpha value is -9.06. The Morgan fingerprint density at radius 1 is 0.382 bits per heavy atom. The predicted molar refractivity (Wildman–Crippen MR) is 268 cm³/mol. The van der Waals surface area contributed by atoms with Crippen LogP contribution in [0.5, 0.6) is 0 Å². The number of rotatable bonds is 7. The van der Waals surface area contributed by atoms with E-state index in [2.05, 4.69) is 51.6 Å². The van der Waals surface area contributed by atoms with Crippen molar-refractivity contribution in [2.24, 2.45) is 0 Å². The molecular formula is C60H36F3N5. The van der Waals surface area contributed by atoms with Gasteiger partial charge in [0.15, 0.2) is 0 Å². The zero-order valence-corrected chi connectivity index (χ0v) is 36.2. The fraction of sp³-hybridized carbons (Fsp3) is 0.0167. The third kappa shape index (κ3) is 6.88. The SMILES string of the molecule is N#Cc1cc(-n2c3ccccc3c3cc(-c4ccc(-c5ccccc5)nc4)ccc32)c(-c2cccc(C(F)(F)F)c2)c(-n2c3ccccc3c3cc(-c4ccc(-c5ccccc5)nc4)ccc32)c1. The number of nitrogens with zero attached hydrogens (tertiary/aromatic N) is 5. The smallest absolute Gasteiger partial charge is 0.308 e. The molecule has 0 aliphatic rings. The molecule has 0 bridgehead atoms. The van der Waals surface area contributed by atoms with Crippen LogP contribution in [0.2, 0.25) is 0 Å². The lowest BCUT2D eigenvalue weighted by Gasteiger charge is -2.21. The van der Waals surface area contributed by atoms with Crippen molar-refractivity contribution in [2.75, 3.05) is 0 Å². The molecule has 0 atom stereocenters. The van der Waals surface area contributed by atoms with Crippen molar-refractivity contribution < 1.29 is 13.2 Å². The molecule has 12 rings (SSSR count). The monoisotopic (exact) mass is 883 g/mol. The van der Waals surface area contributed by atoms with Gasteiger partial charge in [0, 0.05) is 61.8 Å². The molecule has 0 N–H and O–H groups in total. The van der Waals surface area contributed by atoms with Crippen molar-refractivity contribution in [3.8, 4) is 73.3 Å². The summed E-state index contributed by atoms with van der Waals surface area (Å²) in [7, 11) is 0. The minimum atomic E-state index is -4.60. The normalized spacial score (nSPS) is 11.7. The number of alkyl halides is 3. The van der Waals surface area contributed by atoms with Gasteiger partial charge in [0.1, 0.15) is 0 Å². The number of hydrogen-bond donors (Lipinski definition) is 0. The van der Waals surface area contributed by atoms with E-state index >= 15 is 0 Å². The third-order valence-corrected chi connectivity index (χ3v) is 12.9. The summed E-state index contributed by atoms with van der Waals surface area (Å²) in [5.41, 5.74) is 12.6. The van der Waals surface area contributed by atoms with Crippen molar-refractivity contribution in [3.05, 3.63) is 230 Å². The molecule has 8 heteroatoms. The van der Waals surface area contributed by atoms with Crippen molar-refractivity contribution in [1.82, 2.24) is 19.1 Å². The van der Waals surface area contributed by atoms with Crippen LogP contribution >= 0.6 is 0 Å². The quantitative estimate of drug-likeness (QED) is 0.160. The average Bonchev–Trinajstić information content (AvgIpc) is 3.91. The Bertz CT molecular complexity index is 3720. The molecular weight excluding hydrogens is 848 g/mol. The Morgan fingerprint density at radius 2 is 0.824 bits per heavy atom. The summed E-state index contributed by atoms with van der Waals surface area (Å²) in [4.78, 5) is 9.60. The largest absolute Gasteiger partial charge is 0.416 e. The lowest BCUT2D eigenvalue weighted by Crippen LogP contribution is -2.07. The van der Waals surface area contributed by atoms with E-state index in [1.807, 2.05) is 146 Å². The predicted octanol–water partition coefficient (Wildman–Crippen LogP) is 15.9. The Balaban J connectivity index is 1.09. The Kier molecular flexibility index (Phi) is 9.59. The first-order chi connectivity index (χ1) is 33.3. The van der Waals surface area contributed by atoms with Crippen LogP contribution in [0.25, 0.3) is 111 Å². The summed E-state index contributed by atoms with van der Waals surface area (Å²) in [6, 6.07) is 68.2. The molecule has 0 saturated carbocycles. The van der Waals surface area contributed by atoms with Gasteiger partial charge in [-0.1, -0.05) is 133 Å². The zero-order valence-electron chi connectivity index (χ0n) is 36.2. The van der Waals surface area contributed by atoms with E-state index < -0.39 is 11.7 Å². The minimum absolute atomic E-state index is 0.352. The number of fused-ring (bicyclic) bond motifs is 6. The van der Waals surface area contributed by atoms with E-state index in [0.29, 0.717) is 28.1 Å². The second-order valence-corrected chi connectivity index (χ2v) is 16.8. The maximum atomic E-state index is 14.7. The van der Waals surface area contributed by atoms with Crippen molar-refractivity contribution in [2.45, 2.75) is 6.18 Å². The highest BCUT2D eigenvalue weighted by Gasteiger charge is 2.32. The summed E-state index contributed by atoms with van der Waals surface area (Å²) in [5, 5.41) is 14.6. The molecule has 68 heavy (non-hydrogen) atoms. The van der Waals surface area contributed by atoms with Crippen LogP contribution in [0.3, 0.4) is 0 Å². The van der Waals surface area contributed by atoms with Gasteiger partial charge in [-0.2, -0.15) is 18.4 Å². The van der Waals surface area contributed by atoms with E-state index in [0.717, 1.165) is 94.4 Å². The van der Waals surface area contributed by atoms with Gasteiger partial charge in [-0.05, 0) is 89.5 Å². The maximum absolute atomic E-state index is 14.7. The highest BCUT2D eigenvalue weighted by molar-refractivity contribution is 6.13. The number of para-hydroxylation sites is 2. The fourth-order valence-corrected chi connectivity index (χ4v) is 9.69. The second-order valence-electron chi connectivity index (χ2n) is 16.8. The molecule has 0 amide bonds. The molecule has 0 spiro atoms. The fourth-order valence-electron chi connectivity index (χ4n) is 9.69. The number of benzene rings is 8. The van der Waals surface area contributed by atoms with E-state index in [-0.39, 0.29) is 0 Å². The molecule has 4 aromatic heterocycles. The third-order valence-electron chi connectivity index (χ3n) is 12.9. The van der Waals surface area contributed by atoms with Crippen molar-refractivity contribution in [3.63, 3.8) is 0 Å². The van der Waals surface area contributed by atoms with Crippen molar-refractivity contribution in [1.29, 1.82) is 5.26 Å².